The molecule has 0 saturated carbocycles. The van der Waals surface area contributed by atoms with Crippen LogP contribution in [-0.4, -0.2) is 28.9 Å². The molecule has 0 aromatic heterocycles. The monoisotopic (exact) mass is 510 g/mol. The maximum atomic E-state index is 12.2. The summed E-state index contributed by atoms with van der Waals surface area (Å²) in [6.07, 6.45) is -1.02. The third-order valence-electron chi connectivity index (χ3n) is 4.37. The first-order valence-electron chi connectivity index (χ1n) is 9.93. The number of carbonyl (C=O) groups is 3. The number of halogens is 2. The van der Waals surface area contributed by atoms with Gasteiger partial charge < -0.3 is 10.1 Å². The Bertz CT molecular complexity index is 1060. The molecule has 8 nitrogen and oxygen atoms in total. The van der Waals surface area contributed by atoms with Gasteiger partial charge in [-0.1, -0.05) is 35.3 Å². The minimum Gasteiger partial charge on any atom is -0.479 e. The predicted octanol–water partition coefficient (Wildman–Crippen LogP) is 3.82. The predicted molar refractivity (Wildman–Crippen MR) is 132 cm³/mol. The molecule has 0 spiro atoms. The van der Waals surface area contributed by atoms with Gasteiger partial charge in [0.15, 0.2) is 11.2 Å². The second kappa shape index (κ2) is 12.4. The quantitative estimate of drug-likeness (QED) is 0.333. The summed E-state index contributed by atoms with van der Waals surface area (Å²) in [5, 5.41) is 5.74. The minimum atomic E-state index is -0.923. The van der Waals surface area contributed by atoms with Gasteiger partial charge in [0.1, 0.15) is 5.75 Å². The minimum absolute atomic E-state index is 0.0211. The van der Waals surface area contributed by atoms with Crippen LogP contribution in [0.2, 0.25) is 10.0 Å². The third kappa shape index (κ3) is 8.88. The van der Waals surface area contributed by atoms with Crippen molar-refractivity contribution in [1.29, 1.82) is 0 Å². The number of hydrazine groups is 1. The zero-order valence-electron chi connectivity index (χ0n) is 18.3. The van der Waals surface area contributed by atoms with Crippen LogP contribution >= 0.6 is 35.4 Å². The number of anilines is 1. The highest BCUT2D eigenvalue weighted by Crippen LogP contribution is 2.28. The molecule has 0 saturated heterocycles. The Morgan fingerprint density at radius 3 is 2.39 bits per heavy atom. The number of carbonyl (C=O) groups excluding carboxylic acids is 3. The Kier molecular flexibility index (Phi) is 9.90. The van der Waals surface area contributed by atoms with Gasteiger partial charge in [-0.25, -0.2) is 0 Å². The number of hydrogen-bond donors (Lipinski definition) is 4. The number of benzene rings is 2. The lowest BCUT2D eigenvalue weighted by Crippen LogP contribution is -2.51. The van der Waals surface area contributed by atoms with Crippen molar-refractivity contribution >= 4 is 63.9 Å². The molecule has 2 rings (SSSR count). The summed E-state index contributed by atoms with van der Waals surface area (Å²) in [7, 11) is 0. The largest absolute Gasteiger partial charge is 0.479 e. The number of rotatable bonds is 7. The second-order valence-electron chi connectivity index (χ2n) is 7.19. The molecule has 11 heteroatoms. The van der Waals surface area contributed by atoms with Gasteiger partial charge in [-0.3, -0.25) is 30.6 Å². The van der Waals surface area contributed by atoms with E-state index in [0.29, 0.717) is 10.7 Å². The number of ether oxygens (including phenoxy) is 1. The van der Waals surface area contributed by atoms with E-state index in [2.05, 4.69) is 21.5 Å². The fourth-order valence-corrected chi connectivity index (χ4v) is 3.16. The molecule has 0 heterocycles. The highest BCUT2D eigenvalue weighted by Gasteiger charge is 2.18. The van der Waals surface area contributed by atoms with E-state index in [9.17, 15) is 14.4 Å². The molecule has 0 aliphatic rings. The lowest BCUT2D eigenvalue weighted by Gasteiger charge is -2.17. The molecule has 1 atom stereocenters. The van der Waals surface area contributed by atoms with E-state index < -0.39 is 17.9 Å². The van der Waals surface area contributed by atoms with Crippen LogP contribution in [0.3, 0.4) is 0 Å². The standard InChI is InChI=1S/C22H24Cl2N4O4S/c1-12-4-5-13(2)17(10-12)25-19(29)8-9-20(30)27-28-22(33)26-21(31)14(3)32-18-7-6-15(23)11-16(18)24/h4-7,10-11,14H,8-9H2,1-3H3,(H,25,29)(H,27,30)(H2,26,28,31,33). The van der Waals surface area contributed by atoms with E-state index in [4.69, 9.17) is 40.2 Å². The van der Waals surface area contributed by atoms with Gasteiger partial charge in [0.25, 0.3) is 5.91 Å². The molecule has 0 aliphatic carbocycles. The van der Waals surface area contributed by atoms with Crippen LogP contribution in [0.5, 0.6) is 5.75 Å². The molecular weight excluding hydrogens is 487 g/mol. The first-order chi connectivity index (χ1) is 15.5. The molecule has 4 N–H and O–H groups in total. The fourth-order valence-electron chi connectivity index (χ4n) is 2.56. The van der Waals surface area contributed by atoms with E-state index in [0.717, 1.165) is 11.1 Å². The van der Waals surface area contributed by atoms with Crippen molar-refractivity contribution in [2.45, 2.75) is 39.7 Å². The van der Waals surface area contributed by atoms with E-state index in [-0.39, 0.29) is 34.6 Å². The summed E-state index contributed by atoms with van der Waals surface area (Å²) in [4.78, 5) is 36.3. The molecule has 2 aromatic carbocycles. The summed E-state index contributed by atoms with van der Waals surface area (Å²) >= 11 is 16.8. The summed E-state index contributed by atoms with van der Waals surface area (Å²) in [6, 6.07) is 10.3. The van der Waals surface area contributed by atoms with E-state index >= 15 is 0 Å². The number of nitrogens with one attached hydrogen (secondary N) is 4. The Morgan fingerprint density at radius 1 is 1.00 bits per heavy atom. The van der Waals surface area contributed by atoms with Crippen LogP contribution in [0.25, 0.3) is 0 Å². The van der Waals surface area contributed by atoms with Gasteiger partial charge in [-0.15, -0.1) is 0 Å². The van der Waals surface area contributed by atoms with Gasteiger partial charge in [0.05, 0.1) is 5.02 Å². The van der Waals surface area contributed by atoms with Crippen molar-refractivity contribution in [2.75, 3.05) is 5.32 Å². The average molecular weight is 511 g/mol. The second-order valence-corrected chi connectivity index (χ2v) is 8.44. The fraction of sp³-hybridized carbons (Fsp3) is 0.273. The maximum Gasteiger partial charge on any atom is 0.266 e. The van der Waals surface area contributed by atoms with Crippen molar-refractivity contribution in [1.82, 2.24) is 16.2 Å². The molecule has 0 fully saturated rings. The Hall–Kier alpha value is -2.88. The Balaban J connectivity index is 1.71. The molecule has 0 bridgehead atoms. The maximum absolute atomic E-state index is 12.2. The van der Waals surface area contributed by atoms with Gasteiger partial charge in [-0.05, 0) is 68.4 Å². The lowest BCUT2D eigenvalue weighted by molar-refractivity contribution is -0.126. The van der Waals surface area contributed by atoms with Crippen molar-refractivity contribution in [3.63, 3.8) is 0 Å². The molecule has 0 radical (unpaired) electrons. The van der Waals surface area contributed by atoms with Crippen LogP contribution < -0.4 is 26.2 Å². The molecular formula is C22H24Cl2N4O4S. The summed E-state index contributed by atoms with van der Waals surface area (Å²) < 4.78 is 5.50. The number of hydrogen-bond acceptors (Lipinski definition) is 5. The van der Waals surface area contributed by atoms with Gasteiger partial charge in [0, 0.05) is 23.6 Å². The van der Waals surface area contributed by atoms with E-state index in [1.807, 2.05) is 32.0 Å². The van der Waals surface area contributed by atoms with Crippen LogP contribution in [0.1, 0.15) is 30.9 Å². The topological polar surface area (TPSA) is 109 Å². The summed E-state index contributed by atoms with van der Waals surface area (Å²) in [5.74, 6) is -1.03. The Morgan fingerprint density at radius 2 is 1.70 bits per heavy atom. The number of aryl methyl sites for hydroxylation is 2. The van der Waals surface area contributed by atoms with Crippen molar-refractivity contribution in [2.24, 2.45) is 0 Å². The zero-order valence-corrected chi connectivity index (χ0v) is 20.6. The van der Waals surface area contributed by atoms with Crippen LogP contribution in [0.15, 0.2) is 36.4 Å². The SMILES string of the molecule is Cc1ccc(C)c(NC(=O)CCC(=O)NNC(=S)NC(=O)C(C)Oc2ccc(Cl)cc2Cl)c1. The highest BCUT2D eigenvalue weighted by molar-refractivity contribution is 7.80. The first kappa shape index (κ1) is 26.4. The van der Waals surface area contributed by atoms with E-state index in [1.165, 1.54) is 13.0 Å². The smallest absolute Gasteiger partial charge is 0.266 e. The zero-order chi connectivity index (χ0) is 24.5. The van der Waals surface area contributed by atoms with Crippen molar-refractivity contribution in [3.8, 4) is 5.75 Å². The molecule has 2 aromatic rings. The number of thiocarbonyl (C=S) groups is 1. The van der Waals surface area contributed by atoms with Gasteiger partial charge >= 0.3 is 0 Å². The molecule has 0 aliphatic heterocycles. The van der Waals surface area contributed by atoms with Gasteiger partial charge in [0.2, 0.25) is 11.8 Å². The third-order valence-corrected chi connectivity index (χ3v) is 5.10. The summed E-state index contributed by atoms with van der Waals surface area (Å²) in [5.41, 5.74) is 7.39. The van der Waals surface area contributed by atoms with Crippen LogP contribution in [0, 0.1) is 13.8 Å². The molecule has 1 unspecified atom stereocenters. The van der Waals surface area contributed by atoms with E-state index in [1.54, 1.807) is 12.1 Å². The van der Waals surface area contributed by atoms with Crippen molar-refractivity contribution < 1.29 is 19.1 Å². The Labute approximate surface area is 207 Å². The normalized spacial score (nSPS) is 11.2. The first-order valence-corrected chi connectivity index (χ1v) is 11.1. The lowest BCUT2D eigenvalue weighted by atomic mass is 10.1. The number of amides is 3. The molecule has 3 amide bonds. The highest BCUT2D eigenvalue weighted by atomic mass is 35.5. The molecule has 33 heavy (non-hydrogen) atoms. The van der Waals surface area contributed by atoms with Gasteiger partial charge in [-0.2, -0.15) is 0 Å². The van der Waals surface area contributed by atoms with Crippen LogP contribution in [-0.2, 0) is 14.4 Å². The van der Waals surface area contributed by atoms with Crippen LogP contribution in [0.4, 0.5) is 5.69 Å². The van der Waals surface area contributed by atoms with Crippen molar-refractivity contribution in [3.05, 3.63) is 57.6 Å². The average Bonchev–Trinajstić information content (AvgIpc) is 2.75. The molecule has 176 valence electrons. The summed E-state index contributed by atoms with van der Waals surface area (Å²) in [6.45, 7) is 5.32.